The molecule has 0 amide bonds. The summed E-state index contributed by atoms with van der Waals surface area (Å²) in [6.07, 6.45) is 7.61. The van der Waals surface area contributed by atoms with Crippen LogP contribution in [0.4, 0.5) is 0 Å². The first-order valence-corrected chi connectivity index (χ1v) is 7.94. The molecule has 4 nitrogen and oxygen atoms in total. The van der Waals surface area contributed by atoms with Crippen molar-refractivity contribution in [1.29, 1.82) is 0 Å². The third-order valence-corrected chi connectivity index (χ3v) is 4.52. The molecule has 0 saturated heterocycles. The smallest absolute Gasteiger partial charge is 0.226 e. The second-order valence-corrected chi connectivity index (χ2v) is 5.91. The van der Waals surface area contributed by atoms with Gasteiger partial charge in [0.1, 0.15) is 0 Å². The topological polar surface area (TPSA) is 64.9 Å². The van der Waals surface area contributed by atoms with E-state index in [4.69, 9.17) is 10.3 Å². The molecule has 0 atom stereocenters. The maximum Gasteiger partial charge on any atom is 0.226 e. The van der Waals surface area contributed by atoms with Crippen LogP contribution in [0.3, 0.4) is 0 Å². The summed E-state index contributed by atoms with van der Waals surface area (Å²) in [5.74, 6) is 1.58. The van der Waals surface area contributed by atoms with E-state index in [1.807, 2.05) is 0 Å². The Hall–Kier alpha value is -1.68. The van der Waals surface area contributed by atoms with Crippen LogP contribution in [0.25, 0.3) is 0 Å². The van der Waals surface area contributed by atoms with Gasteiger partial charge in [0.15, 0.2) is 5.82 Å². The molecule has 1 saturated carbocycles. The van der Waals surface area contributed by atoms with E-state index in [2.05, 4.69) is 40.5 Å². The molecule has 0 unspecified atom stereocenters. The standard InChI is InChI=1S/C17H23N3O/c18-13-7-10-15-19-16(20-21-15)17(11-5-2-6-12-17)14-8-3-1-4-9-14/h1,3-4,8-9H,2,5-7,10-13,18H2. The minimum atomic E-state index is -0.0655. The third-order valence-electron chi connectivity index (χ3n) is 4.52. The van der Waals surface area contributed by atoms with Crippen molar-refractivity contribution in [3.63, 3.8) is 0 Å². The number of aryl methyl sites for hydroxylation is 1. The molecule has 2 aromatic rings. The van der Waals surface area contributed by atoms with E-state index in [0.29, 0.717) is 6.54 Å². The van der Waals surface area contributed by atoms with Gasteiger partial charge in [0.05, 0.1) is 5.41 Å². The zero-order chi connectivity index (χ0) is 14.5. The van der Waals surface area contributed by atoms with Crippen LogP contribution in [0.1, 0.15) is 55.8 Å². The number of rotatable bonds is 5. The highest BCUT2D eigenvalue weighted by Crippen LogP contribution is 2.43. The molecule has 1 heterocycles. The number of aromatic nitrogens is 2. The molecule has 0 bridgehead atoms. The van der Waals surface area contributed by atoms with Crippen LogP contribution in [-0.2, 0) is 11.8 Å². The molecule has 1 fully saturated rings. The maximum absolute atomic E-state index is 5.55. The fourth-order valence-electron chi connectivity index (χ4n) is 3.36. The highest BCUT2D eigenvalue weighted by atomic mass is 16.5. The van der Waals surface area contributed by atoms with Gasteiger partial charge in [0.25, 0.3) is 0 Å². The van der Waals surface area contributed by atoms with Gasteiger partial charge in [-0.3, -0.25) is 0 Å². The van der Waals surface area contributed by atoms with Gasteiger partial charge in [-0.25, -0.2) is 0 Å². The van der Waals surface area contributed by atoms with E-state index < -0.39 is 0 Å². The van der Waals surface area contributed by atoms with Crippen LogP contribution in [-0.4, -0.2) is 16.7 Å². The van der Waals surface area contributed by atoms with Crippen LogP contribution in [0.2, 0.25) is 0 Å². The van der Waals surface area contributed by atoms with Gasteiger partial charge in [-0.15, -0.1) is 0 Å². The highest BCUT2D eigenvalue weighted by molar-refractivity contribution is 5.33. The molecule has 0 aliphatic heterocycles. The summed E-state index contributed by atoms with van der Waals surface area (Å²) in [6, 6.07) is 10.6. The molecule has 1 aromatic heterocycles. The molecule has 4 heteroatoms. The Morgan fingerprint density at radius 2 is 1.86 bits per heavy atom. The summed E-state index contributed by atoms with van der Waals surface area (Å²) in [5, 5.41) is 4.31. The van der Waals surface area contributed by atoms with Crippen molar-refractivity contribution < 1.29 is 4.52 Å². The lowest BCUT2D eigenvalue weighted by molar-refractivity contribution is 0.308. The van der Waals surface area contributed by atoms with E-state index in [1.165, 1.54) is 24.8 Å². The normalized spacial score (nSPS) is 17.8. The molecule has 21 heavy (non-hydrogen) atoms. The molecule has 0 spiro atoms. The molecule has 0 radical (unpaired) electrons. The Morgan fingerprint density at radius 1 is 1.10 bits per heavy atom. The SMILES string of the molecule is NCCCc1nc(C2(c3ccccc3)CCCCC2)no1. The van der Waals surface area contributed by atoms with E-state index in [9.17, 15) is 0 Å². The van der Waals surface area contributed by atoms with E-state index in [-0.39, 0.29) is 5.41 Å². The summed E-state index contributed by atoms with van der Waals surface area (Å²) in [7, 11) is 0. The Labute approximate surface area is 125 Å². The van der Waals surface area contributed by atoms with E-state index in [0.717, 1.165) is 37.4 Å². The fraction of sp³-hybridized carbons (Fsp3) is 0.529. The number of hydrogen-bond donors (Lipinski definition) is 1. The van der Waals surface area contributed by atoms with Gasteiger partial charge in [-0.1, -0.05) is 54.8 Å². The van der Waals surface area contributed by atoms with Crippen molar-refractivity contribution in [2.45, 2.75) is 50.4 Å². The number of nitrogens with zero attached hydrogens (tertiary/aromatic N) is 2. The Balaban J connectivity index is 1.94. The van der Waals surface area contributed by atoms with Gasteiger partial charge in [-0.2, -0.15) is 4.98 Å². The summed E-state index contributed by atoms with van der Waals surface area (Å²) in [5.41, 5.74) is 6.80. The molecule has 1 aliphatic rings. The minimum absolute atomic E-state index is 0.0655. The average molecular weight is 285 g/mol. The largest absolute Gasteiger partial charge is 0.339 e. The van der Waals surface area contributed by atoms with Gasteiger partial charge in [0, 0.05) is 6.42 Å². The lowest BCUT2D eigenvalue weighted by Crippen LogP contribution is -2.31. The van der Waals surface area contributed by atoms with E-state index in [1.54, 1.807) is 0 Å². The predicted molar refractivity (Wildman–Crippen MR) is 82.0 cm³/mol. The van der Waals surface area contributed by atoms with Gasteiger partial charge in [0.2, 0.25) is 5.89 Å². The van der Waals surface area contributed by atoms with Gasteiger partial charge in [-0.05, 0) is 31.4 Å². The number of benzene rings is 1. The quantitative estimate of drug-likeness (QED) is 0.916. The second-order valence-electron chi connectivity index (χ2n) is 5.91. The summed E-state index contributed by atoms with van der Waals surface area (Å²) in [4.78, 5) is 4.69. The number of hydrogen-bond acceptors (Lipinski definition) is 4. The first-order chi connectivity index (χ1) is 10.3. The lowest BCUT2D eigenvalue weighted by Gasteiger charge is -2.34. The molecule has 3 rings (SSSR count). The van der Waals surface area contributed by atoms with Crippen LogP contribution in [0, 0.1) is 0 Å². The zero-order valence-electron chi connectivity index (χ0n) is 12.4. The third kappa shape index (κ3) is 2.86. The molecule has 112 valence electrons. The summed E-state index contributed by atoms with van der Waals surface area (Å²) >= 11 is 0. The molecule has 1 aromatic carbocycles. The Kier molecular flexibility index (Phi) is 4.34. The van der Waals surface area contributed by atoms with Crippen LogP contribution < -0.4 is 5.73 Å². The van der Waals surface area contributed by atoms with Crippen molar-refractivity contribution in [2.75, 3.05) is 6.54 Å². The monoisotopic (exact) mass is 285 g/mol. The first kappa shape index (κ1) is 14.3. The minimum Gasteiger partial charge on any atom is -0.339 e. The molecular weight excluding hydrogens is 262 g/mol. The van der Waals surface area contributed by atoms with Crippen molar-refractivity contribution in [3.05, 3.63) is 47.6 Å². The number of nitrogens with two attached hydrogens (primary N) is 1. The van der Waals surface area contributed by atoms with Crippen molar-refractivity contribution in [2.24, 2.45) is 5.73 Å². The summed E-state index contributed by atoms with van der Waals surface area (Å²) in [6.45, 7) is 0.654. The zero-order valence-corrected chi connectivity index (χ0v) is 12.4. The molecule has 2 N–H and O–H groups in total. The highest BCUT2D eigenvalue weighted by Gasteiger charge is 2.39. The fourth-order valence-corrected chi connectivity index (χ4v) is 3.36. The second kappa shape index (κ2) is 6.39. The Morgan fingerprint density at radius 3 is 2.57 bits per heavy atom. The van der Waals surface area contributed by atoms with Crippen molar-refractivity contribution in [3.8, 4) is 0 Å². The van der Waals surface area contributed by atoms with E-state index >= 15 is 0 Å². The molecule has 1 aliphatic carbocycles. The molecular formula is C17H23N3O. The van der Waals surface area contributed by atoms with Crippen LogP contribution >= 0.6 is 0 Å². The maximum atomic E-state index is 5.55. The van der Waals surface area contributed by atoms with Crippen LogP contribution in [0.15, 0.2) is 34.9 Å². The Bertz CT molecular complexity index is 558. The average Bonchev–Trinajstić information content (AvgIpc) is 3.04. The van der Waals surface area contributed by atoms with Crippen molar-refractivity contribution in [1.82, 2.24) is 10.1 Å². The predicted octanol–water partition coefficient (Wildman–Crippen LogP) is 3.21. The first-order valence-electron chi connectivity index (χ1n) is 7.94. The summed E-state index contributed by atoms with van der Waals surface area (Å²) < 4.78 is 5.45. The lowest BCUT2D eigenvalue weighted by atomic mass is 9.69. The van der Waals surface area contributed by atoms with Gasteiger partial charge >= 0.3 is 0 Å². The van der Waals surface area contributed by atoms with Crippen LogP contribution in [0.5, 0.6) is 0 Å². The van der Waals surface area contributed by atoms with Gasteiger partial charge < -0.3 is 10.3 Å². The van der Waals surface area contributed by atoms with Crippen molar-refractivity contribution >= 4 is 0 Å².